The van der Waals surface area contributed by atoms with Crippen molar-refractivity contribution in [2.24, 2.45) is 0 Å². The summed E-state index contributed by atoms with van der Waals surface area (Å²) in [4.78, 5) is 0. The molecular formula is C20H17O2. The van der Waals surface area contributed by atoms with Crippen molar-refractivity contribution < 1.29 is 9.47 Å². The Kier molecular flexibility index (Phi) is 4.40. The standard InChI is InChI=1S/C20H17O2/c1-21-18-14-12-17(13-15-18)20(16-8-4-2-5-9-16)22-19-10-6-3-7-11-19/h2-6,8-15,20H,1H3. The molecule has 3 aromatic carbocycles. The van der Waals surface area contributed by atoms with E-state index in [0.29, 0.717) is 0 Å². The van der Waals surface area contributed by atoms with Crippen molar-refractivity contribution in [2.45, 2.75) is 6.10 Å². The average Bonchev–Trinajstić information content (AvgIpc) is 2.61. The van der Waals surface area contributed by atoms with E-state index in [9.17, 15) is 0 Å². The third-order valence-corrected chi connectivity index (χ3v) is 3.45. The summed E-state index contributed by atoms with van der Waals surface area (Å²) in [5.41, 5.74) is 2.19. The Morgan fingerprint density at radius 3 is 2.14 bits per heavy atom. The summed E-state index contributed by atoms with van der Waals surface area (Å²) >= 11 is 0. The molecule has 22 heavy (non-hydrogen) atoms. The highest BCUT2D eigenvalue weighted by Crippen LogP contribution is 2.29. The minimum atomic E-state index is -0.164. The lowest BCUT2D eigenvalue weighted by molar-refractivity contribution is 0.247. The molecule has 0 aliphatic carbocycles. The lowest BCUT2D eigenvalue weighted by Crippen LogP contribution is -2.09. The molecule has 0 bridgehead atoms. The molecule has 3 aromatic rings. The van der Waals surface area contributed by atoms with Crippen molar-refractivity contribution in [2.75, 3.05) is 7.11 Å². The normalized spacial score (nSPS) is 11.7. The third-order valence-electron chi connectivity index (χ3n) is 3.45. The van der Waals surface area contributed by atoms with Crippen LogP contribution in [0.5, 0.6) is 11.5 Å². The van der Waals surface area contributed by atoms with Crippen LogP contribution in [-0.2, 0) is 0 Å². The summed E-state index contributed by atoms with van der Waals surface area (Å²) in [6, 6.07) is 28.8. The van der Waals surface area contributed by atoms with Gasteiger partial charge in [-0.2, -0.15) is 0 Å². The van der Waals surface area contributed by atoms with Crippen molar-refractivity contribution in [3.63, 3.8) is 0 Å². The molecule has 0 amide bonds. The third kappa shape index (κ3) is 3.29. The molecule has 0 saturated carbocycles. The topological polar surface area (TPSA) is 18.5 Å². The zero-order chi connectivity index (χ0) is 15.2. The average molecular weight is 289 g/mol. The van der Waals surface area contributed by atoms with Crippen LogP contribution in [0.15, 0.2) is 78.9 Å². The van der Waals surface area contributed by atoms with Gasteiger partial charge in [0, 0.05) is 0 Å². The summed E-state index contributed by atoms with van der Waals surface area (Å²) in [7, 11) is 1.67. The molecule has 3 rings (SSSR count). The van der Waals surface area contributed by atoms with Crippen LogP contribution in [0.1, 0.15) is 17.2 Å². The van der Waals surface area contributed by atoms with Gasteiger partial charge in [0.05, 0.1) is 7.11 Å². The monoisotopic (exact) mass is 289 g/mol. The highest BCUT2D eigenvalue weighted by molar-refractivity contribution is 5.36. The van der Waals surface area contributed by atoms with Gasteiger partial charge in [0.1, 0.15) is 17.6 Å². The van der Waals surface area contributed by atoms with Crippen LogP contribution in [0, 0.1) is 6.07 Å². The van der Waals surface area contributed by atoms with Crippen molar-refractivity contribution in [3.05, 3.63) is 96.1 Å². The van der Waals surface area contributed by atoms with E-state index in [1.165, 1.54) is 0 Å². The van der Waals surface area contributed by atoms with Gasteiger partial charge >= 0.3 is 0 Å². The van der Waals surface area contributed by atoms with Crippen LogP contribution < -0.4 is 9.47 Å². The lowest BCUT2D eigenvalue weighted by atomic mass is 10.0. The smallest absolute Gasteiger partial charge is 0.149 e. The zero-order valence-corrected chi connectivity index (χ0v) is 12.4. The SMILES string of the molecule is COc1ccc(C(Oc2c[c]ccc2)c2ccccc2)cc1. The van der Waals surface area contributed by atoms with E-state index in [1.807, 2.05) is 66.7 Å². The van der Waals surface area contributed by atoms with Crippen molar-refractivity contribution >= 4 is 0 Å². The first-order valence-corrected chi connectivity index (χ1v) is 7.18. The largest absolute Gasteiger partial charge is 0.497 e. The maximum atomic E-state index is 6.19. The molecule has 0 saturated heterocycles. The van der Waals surface area contributed by atoms with Gasteiger partial charge in [0.2, 0.25) is 0 Å². The van der Waals surface area contributed by atoms with E-state index in [0.717, 1.165) is 22.6 Å². The van der Waals surface area contributed by atoms with Crippen LogP contribution in [-0.4, -0.2) is 7.11 Å². The van der Waals surface area contributed by atoms with Crippen molar-refractivity contribution in [3.8, 4) is 11.5 Å². The second-order valence-corrected chi connectivity index (χ2v) is 4.92. The fraction of sp³-hybridized carbons (Fsp3) is 0.100. The molecule has 0 fully saturated rings. The molecule has 0 spiro atoms. The number of hydrogen-bond acceptors (Lipinski definition) is 2. The molecule has 0 aliphatic heterocycles. The van der Waals surface area contributed by atoms with Crippen LogP contribution in [0.4, 0.5) is 0 Å². The molecule has 0 heterocycles. The zero-order valence-electron chi connectivity index (χ0n) is 12.4. The van der Waals surface area contributed by atoms with Gasteiger partial charge in [0.25, 0.3) is 0 Å². The maximum absolute atomic E-state index is 6.19. The van der Waals surface area contributed by atoms with Crippen molar-refractivity contribution in [1.29, 1.82) is 0 Å². The van der Waals surface area contributed by atoms with Crippen molar-refractivity contribution in [1.82, 2.24) is 0 Å². The highest BCUT2D eigenvalue weighted by Gasteiger charge is 2.16. The maximum Gasteiger partial charge on any atom is 0.149 e. The molecule has 2 heteroatoms. The Bertz CT molecular complexity index is 691. The number of ether oxygens (including phenoxy) is 2. The second-order valence-electron chi connectivity index (χ2n) is 4.92. The number of methoxy groups -OCH3 is 1. The molecule has 0 aliphatic rings. The first-order valence-electron chi connectivity index (χ1n) is 7.18. The van der Waals surface area contributed by atoms with Gasteiger partial charge < -0.3 is 9.47 Å². The van der Waals surface area contributed by atoms with E-state index >= 15 is 0 Å². The predicted octanol–water partition coefficient (Wildman–Crippen LogP) is 4.66. The van der Waals surface area contributed by atoms with Crippen LogP contribution in [0.2, 0.25) is 0 Å². The molecule has 109 valence electrons. The Hall–Kier alpha value is -2.74. The van der Waals surface area contributed by atoms with Gasteiger partial charge in [-0.15, -0.1) is 0 Å². The molecule has 1 atom stereocenters. The summed E-state index contributed by atoms with van der Waals surface area (Å²) in [5, 5.41) is 0. The molecule has 0 N–H and O–H groups in total. The number of rotatable bonds is 5. The van der Waals surface area contributed by atoms with Gasteiger partial charge in [-0.3, -0.25) is 0 Å². The summed E-state index contributed by atoms with van der Waals surface area (Å²) in [6.45, 7) is 0. The Morgan fingerprint density at radius 2 is 1.50 bits per heavy atom. The Morgan fingerprint density at radius 1 is 0.773 bits per heavy atom. The minimum absolute atomic E-state index is 0.164. The van der Waals surface area contributed by atoms with Gasteiger partial charge in [0.15, 0.2) is 0 Å². The van der Waals surface area contributed by atoms with Gasteiger partial charge in [-0.25, -0.2) is 0 Å². The van der Waals surface area contributed by atoms with E-state index in [1.54, 1.807) is 7.11 Å². The predicted molar refractivity (Wildman–Crippen MR) is 87.2 cm³/mol. The molecular weight excluding hydrogens is 272 g/mol. The van der Waals surface area contributed by atoms with E-state index in [4.69, 9.17) is 9.47 Å². The molecule has 0 aromatic heterocycles. The van der Waals surface area contributed by atoms with Crippen LogP contribution >= 0.6 is 0 Å². The summed E-state index contributed by atoms with van der Waals surface area (Å²) in [6.07, 6.45) is -0.164. The number of hydrogen-bond donors (Lipinski definition) is 0. The molecule has 2 nitrogen and oxygen atoms in total. The quantitative estimate of drug-likeness (QED) is 0.680. The number of benzene rings is 3. The van der Waals surface area contributed by atoms with E-state index < -0.39 is 0 Å². The van der Waals surface area contributed by atoms with E-state index in [-0.39, 0.29) is 6.10 Å². The lowest BCUT2D eigenvalue weighted by Gasteiger charge is -2.20. The van der Waals surface area contributed by atoms with Crippen LogP contribution in [0.25, 0.3) is 0 Å². The Labute approximate surface area is 131 Å². The fourth-order valence-corrected chi connectivity index (χ4v) is 2.32. The summed E-state index contributed by atoms with van der Waals surface area (Å²) < 4.78 is 11.4. The minimum Gasteiger partial charge on any atom is -0.497 e. The molecule has 1 radical (unpaired) electrons. The van der Waals surface area contributed by atoms with E-state index in [2.05, 4.69) is 18.2 Å². The molecule has 1 unspecified atom stereocenters. The second kappa shape index (κ2) is 6.81. The first kappa shape index (κ1) is 14.2. The van der Waals surface area contributed by atoms with Crippen LogP contribution in [0.3, 0.4) is 0 Å². The Balaban J connectivity index is 1.95. The highest BCUT2D eigenvalue weighted by atomic mass is 16.5. The fourth-order valence-electron chi connectivity index (χ4n) is 2.32. The first-order chi connectivity index (χ1) is 10.9. The summed E-state index contributed by atoms with van der Waals surface area (Å²) in [5.74, 6) is 1.63. The van der Waals surface area contributed by atoms with Gasteiger partial charge in [-0.1, -0.05) is 54.6 Å². The van der Waals surface area contributed by atoms with Gasteiger partial charge in [-0.05, 0) is 41.5 Å².